The second-order valence-corrected chi connectivity index (χ2v) is 7.68. The molecule has 3 rings (SSSR count). The minimum atomic E-state index is -4.48. The maximum atomic E-state index is 12.7. The third-order valence-corrected chi connectivity index (χ3v) is 4.85. The number of halogens is 3. The van der Waals surface area contributed by atoms with E-state index in [9.17, 15) is 27.6 Å². The Morgan fingerprint density at radius 1 is 1.06 bits per heavy atom. The van der Waals surface area contributed by atoms with Gasteiger partial charge in [0.25, 0.3) is 11.5 Å². The Morgan fingerprint density at radius 3 is 2.21 bits per heavy atom. The van der Waals surface area contributed by atoms with E-state index in [1.165, 1.54) is 0 Å². The molecule has 178 valence electrons. The Kier molecular flexibility index (Phi) is 7.04. The van der Waals surface area contributed by atoms with Crippen LogP contribution >= 0.6 is 0 Å². The van der Waals surface area contributed by atoms with Crippen LogP contribution in [0.15, 0.2) is 53.3 Å². The van der Waals surface area contributed by atoms with Gasteiger partial charge in [-0.3, -0.25) is 14.4 Å². The number of carboxylic acid groups (broad SMARTS) is 1. The molecule has 0 fully saturated rings. The predicted octanol–water partition coefficient (Wildman–Crippen LogP) is 3.32. The van der Waals surface area contributed by atoms with E-state index in [0.29, 0.717) is 11.5 Å². The zero-order valence-electron chi connectivity index (χ0n) is 18.2. The van der Waals surface area contributed by atoms with Crippen molar-refractivity contribution in [1.29, 1.82) is 0 Å². The van der Waals surface area contributed by atoms with Crippen LogP contribution in [0, 0.1) is 0 Å². The van der Waals surface area contributed by atoms with Gasteiger partial charge in [0, 0.05) is 31.8 Å². The van der Waals surface area contributed by atoms with Gasteiger partial charge in [0.15, 0.2) is 0 Å². The first kappa shape index (κ1) is 24.5. The van der Waals surface area contributed by atoms with E-state index in [4.69, 9.17) is 5.11 Å². The first-order valence-corrected chi connectivity index (χ1v) is 10.0. The summed E-state index contributed by atoms with van der Waals surface area (Å²) >= 11 is 0. The normalized spacial score (nSPS) is 11.2. The van der Waals surface area contributed by atoms with Crippen molar-refractivity contribution in [3.63, 3.8) is 0 Å². The molecule has 1 amide bonds. The molecular weight excluding hydrogens is 453 g/mol. The molecule has 8 nitrogen and oxygen atoms in total. The molecule has 0 saturated carbocycles. The molecule has 0 unspecified atom stereocenters. The quantitative estimate of drug-likeness (QED) is 0.484. The molecule has 1 heterocycles. The molecule has 0 spiro atoms. The van der Waals surface area contributed by atoms with Crippen molar-refractivity contribution in [3.05, 3.63) is 87.0 Å². The molecule has 11 heteroatoms. The summed E-state index contributed by atoms with van der Waals surface area (Å²) < 4.78 is 38.0. The Bertz CT molecular complexity index is 1250. The lowest BCUT2D eigenvalue weighted by molar-refractivity contribution is -0.138. The Morgan fingerprint density at radius 2 is 1.68 bits per heavy atom. The number of H-pyrrole nitrogens is 1. The van der Waals surface area contributed by atoms with E-state index in [1.807, 2.05) is 0 Å². The molecule has 0 radical (unpaired) electrons. The summed E-state index contributed by atoms with van der Waals surface area (Å²) in [6.07, 6.45) is -4.69. The summed E-state index contributed by atoms with van der Waals surface area (Å²) in [4.78, 5) is 44.3. The smallest absolute Gasteiger partial charge is 0.416 e. The average molecular weight is 474 g/mol. The lowest BCUT2D eigenvalue weighted by atomic mass is 10.1. The highest BCUT2D eigenvalue weighted by atomic mass is 19.4. The summed E-state index contributed by atoms with van der Waals surface area (Å²) in [6.45, 7) is 0. The largest absolute Gasteiger partial charge is 0.481 e. The number of nitrogens with zero attached hydrogens (tertiary/aromatic N) is 2. The van der Waals surface area contributed by atoms with Crippen LogP contribution in [0.2, 0.25) is 0 Å². The number of benzene rings is 2. The van der Waals surface area contributed by atoms with Crippen LogP contribution in [-0.4, -0.2) is 41.0 Å². The van der Waals surface area contributed by atoms with Gasteiger partial charge in [-0.05, 0) is 42.0 Å². The fourth-order valence-electron chi connectivity index (χ4n) is 3.21. The second-order valence-electron chi connectivity index (χ2n) is 7.68. The van der Waals surface area contributed by atoms with Crippen molar-refractivity contribution in [3.8, 4) is 0 Å². The van der Waals surface area contributed by atoms with Gasteiger partial charge in [-0.15, -0.1) is 0 Å². The molecule has 0 aliphatic rings. The third-order valence-electron chi connectivity index (χ3n) is 4.85. The van der Waals surface area contributed by atoms with Crippen LogP contribution in [0.1, 0.15) is 32.9 Å². The Hall–Kier alpha value is -4.15. The number of carbonyl (C=O) groups excluding carboxylic acids is 1. The van der Waals surface area contributed by atoms with Gasteiger partial charge in [0.05, 0.1) is 17.5 Å². The van der Waals surface area contributed by atoms with Crippen LogP contribution in [0.4, 0.5) is 24.7 Å². The molecule has 0 saturated heterocycles. The number of hydrogen-bond acceptors (Lipinski definition) is 5. The molecule has 2 aromatic carbocycles. The van der Waals surface area contributed by atoms with Crippen LogP contribution in [0.25, 0.3) is 0 Å². The average Bonchev–Trinajstić information content (AvgIpc) is 2.76. The van der Waals surface area contributed by atoms with E-state index in [2.05, 4.69) is 15.3 Å². The fraction of sp³-hybridized carbons (Fsp3) is 0.217. The van der Waals surface area contributed by atoms with Gasteiger partial charge in [-0.1, -0.05) is 12.1 Å². The number of alkyl halides is 3. The van der Waals surface area contributed by atoms with E-state index in [0.717, 1.165) is 29.8 Å². The maximum Gasteiger partial charge on any atom is 0.416 e. The molecular formula is C23H21F3N4O4. The van der Waals surface area contributed by atoms with Crippen LogP contribution in [0.3, 0.4) is 0 Å². The molecule has 0 aliphatic heterocycles. The third kappa shape index (κ3) is 6.00. The van der Waals surface area contributed by atoms with Crippen molar-refractivity contribution in [2.45, 2.75) is 19.0 Å². The van der Waals surface area contributed by atoms with Crippen molar-refractivity contribution < 1.29 is 27.9 Å². The number of nitrogens with one attached hydrogen (secondary N) is 2. The van der Waals surface area contributed by atoms with Crippen LogP contribution in [0.5, 0.6) is 0 Å². The molecule has 0 aliphatic carbocycles. The minimum absolute atomic E-state index is 0.0579. The number of carboxylic acids is 1. The van der Waals surface area contributed by atoms with Crippen molar-refractivity contribution in [2.24, 2.45) is 0 Å². The number of anilines is 2. The second kappa shape index (κ2) is 9.77. The SMILES string of the molecule is CN(C)c1nc(Cc2ccc(NC(=O)c3ccc(C(F)(F)F)cc3)cc2)[nH]c(=O)c1CC(=O)O. The van der Waals surface area contributed by atoms with Crippen molar-refractivity contribution >= 4 is 23.4 Å². The number of carbonyl (C=O) groups is 2. The monoisotopic (exact) mass is 474 g/mol. The lowest BCUT2D eigenvalue weighted by Crippen LogP contribution is -2.26. The number of aliphatic carboxylic acids is 1. The van der Waals surface area contributed by atoms with Crippen molar-refractivity contribution in [2.75, 3.05) is 24.3 Å². The van der Waals surface area contributed by atoms with E-state index < -0.39 is 35.6 Å². The highest BCUT2D eigenvalue weighted by Crippen LogP contribution is 2.29. The first-order chi connectivity index (χ1) is 15.9. The highest BCUT2D eigenvalue weighted by Gasteiger charge is 2.30. The van der Waals surface area contributed by atoms with Crippen molar-refractivity contribution in [1.82, 2.24) is 9.97 Å². The molecule has 3 aromatic rings. The van der Waals surface area contributed by atoms with Crippen LogP contribution in [-0.2, 0) is 23.8 Å². The summed E-state index contributed by atoms with van der Waals surface area (Å²) in [5.74, 6) is -1.10. The number of rotatable bonds is 7. The zero-order valence-corrected chi connectivity index (χ0v) is 18.2. The Labute approximate surface area is 192 Å². The van der Waals surface area contributed by atoms with Gasteiger partial charge >= 0.3 is 12.1 Å². The van der Waals surface area contributed by atoms with Gasteiger partial charge in [0.2, 0.25) is 0 Å². The summed E-state index contributed by atoms with van der Waals surface area (Å²) in [5.41, 5.74) is -0.0450. The summed E-state index contributed by atoms with van der Waals surface area (Å²) in [6, 6.07) is 10.5. The topological polar surface area (TPSA) is 115 Å². The van der Waals surface area contributed by atoms with E-state index >= 15 is 0 Å². The molecule has 0 bridgehead atoms. The molecule has 34 heavy (non-hydrogen) atoms. The predicted molar refractivity (Wildman–Crippen MR) is 119 cm³/mol. The number of amides is 1. The fourth-order valence-corrected chi connectivity index (χ4v) is 3.21. The molecule has 1 aromatic heterocycles. The van der Waals surface area contributed by atoms with E-state index in [-0.39, 0.29) is 23.4 Å². The maximum absolute atomic E-state index is 12.7. The summed E-state index contributed by atoms with van der Waals surface area (Å²) in [7, 11) is 3.32. The van der Waals surface area contributed by atoms with Gasteiger partial charge in [-0.25, -0.2) is 4.98 Å². The van der Waals surface area contributed by atoms with Gasteiger partial charge in [-0.2, -0.15) is 13.2 Å². The lowest BCUT2D eigenvalue weighted by Gasteiger charge is -2.16. The minimum Gasteiger partial charge on any atom is -0.481 e. The number of hydrogen-bond donors (Lipinski definition) is 3. The molecule has 0 atom stereocenters. The van der Waals surface area contributed by atoms with Gasteiger partial charge < -0.3 is 20.3 Å². The molecule has 3 N–H and O–H groups in total. The standard InChI is InChI=1S/C23H21F3N4O4/c1-30(2)20-17(12-19(31)32)22(34)29-18(28-20)11-13-3-9-16(10-4-13)27-21(33)14-5-7-15(8-6-14)23(24,25)26/h3-10H,11-12H2,1-2H3,(H,27,33)(H,31,32)(H,28,29,34). The van der Waals surface area contributed by atoms with E-state index in [1.54, 1.807) is 43.3 Å². The summed E-state index contributed by atoms with van der Waals surface area (Å²) in [5, 5.41) is 11.6. The number of aromatic amines is 1. The first-order valence-electron chi connectivity index (χ1n) is 10.0. The van der Waals surface area contributed by atoms with Gasteiger partial charge in [0.1, 0.15) is 11.6 Å². The Balaban J connectivity index is 1.72. The highest BCUT2D eigenvalue weighted by molar-refractivity contribution is 6.04. The number of aromatic nitrogens is 2. The zero-order chi connectivity index (χ0) is 25.0. The van der Waals surface area contributed by atoms with Crippen LogP contribution < -0.4 is 15.8 Å².